The molecule has 3 unspecified atom stereocenters. The zero-order valence-corrected chi connectivity index (χ0v) is 46.3. The standard InChI is InChI=1S/C58H115N2O6P/c1-6-8-10-12-14-16-18-20-22-23-24-25-26-27-28-29-30-31-32-33-34-35-36-37-38-40-42-44-46-48-50-52-58(62)59-56(55-66-67(63,64)65-54-53-60(3,4)5)57(61)51-49-47-45-43-41-39-21-19-17-15-13-11-9-7-2/h23-24,49,51,56-57,61H,6-22,25-48,50,52-55H2,1-5H3,(H-,59,62,63,64)/b24-23-,51-49+. The number of aliphatic hydroxyl groups excluding tert-OH is 1. The lowest BCUT2D eigenvalue weighted by molar-refractivity contribution is -0.870. The molecule has 0 aromatic rings. The molecule has 0 aliphatic heterocycles. The normalized spacial score (nSPS) is 14.1. The second kappa shape index (κ2) is 49.9. The summed E-state index contributed by atoms with van der Waals surface area (Å²) in [6, 6.07) is -0.883. The van der Waals surface area contributed by atoms with Crippen LogP contribution in [0.4, 0.5) is 0 Å². The summed E-state index contributed by atoms with van der Waals surface area (Å²) in [4.78, 5) is 25.5. The molecule has 8 nitrogen and oxygen atoms in total. The molecule has 0 aliphatic carbocycles. The maximum Gasteiger partial charge on any atom is 0.268 e. The van der Waals surface area contributed by atoms with Crippen LogP contribution in [0.3, 0.4) is 0 Å². The van der Waals surface area contributed by atoms with Crippen LogP contribution in [0.5, 0.6) is 0 Å². The summed E-state index contributed by atoms with van der Waals surface area (Å²) in [5.74, 6) is -0.192. The summed E-state index contributed by atoms with van der Waals surface area (Å²) < 4.78 is 23.3. The minimum absolute atomic E-state index is 0.00141. The number of nitrogens with zero attached hydrogens (tertiary/aromatic N) is 1. The number of carbonyl (C=O) groups excluding carboxylic acids is 1. The van der Waals surface area contributed by atoms with Crippen LogP contribution in [-0.4, -0.2) is 68.5 Å². The van der Waals surface area contributed by atoms with E-state index in [-0.39, 0.29) is 19.1 Å². The summed E-state index contributed by atoms with van der Waals surface area (Å²) in [6.07, 6.45) is 62.6. The fraction of sp³-hybridized carbons (Fsp3) is 0.914. The van der Waals surface area contributed by atoms with Gasteiger partial charge in [-0.1, -0.05) is 263 Å². The Labute approximate surface area is 417 Å². The Morgan fingerprint density at radius 1 is 0.507 bits per heavy atom. The van der Waals surface area contributed by atoms with Gasteiger partial charge < -0.3 is 28.8 Å². The SMILES string of the molecule is CCCCCCCCCC/C=C\CCCCCCCCCCCCCCCCCCCCCC(=O)NC(COP(=O)([O-])OCC[N+](C)(C)C)C(O)/C=C/CCCCCCCCCCCCCC. The van der Waals surface area contributed by atoms with E-state index in [4.69, 9.17) is 9.05 Å². The number of carbonyl (C=O) groups is 1. The predicted octanol–water partition coefficient (Wildman–Crippen LogP) is 17.0. The molecule has 398 valence electrons. The van der Waals surface area contributed by atoms with E-state index in [1.54, 1.807) is 6.08 Å². The van der Waals surface area contributed by atoms with Crippen molar-refractivity contribution in [2.24, 2.45) is 0 Å². The summed E-state index contributed by atoms with van der Waals surface area (Å²) in [6.45, 7) is 4.68. The number of phosphoric acid groups is 1. The summed E-state index contributed by atoms with van der Waals surface area (Å²) in [7, 11) is 1.27. The first-order valence-electron chi connectivity index (χ1n) is 29.2. The molecule has 0 radical (unpaired) electrons. The number of nitrogens with one attached hydrogen (secondary N) is 1. The zero-order valence-electron chi connectivity index (χ0n) is 45.4. The van der Waals surface area contributed by atoms with Gasteiger partial charge in [-0.05, 0) is 44.9 Å². The third-order valence-corrected chi connectivity index (χ3v) is 14.4. The number of unbranched alkanes of at least 4 members (excludes halogenated alkanes) is 39. The molecule has 0 aliphatic rings. The van der Waals surface area contributed by atoms with E-state index in [9.17, 15) is 19.4 Å². The maximum atomic E-state index is 12.9. The highest BCUT2D eigenvalue weighted by molar-refractivity contribution is 7.45. The van der Waals surface area contributed by atoms with Gasteiger partial charge in [0.1, 0.15) is 13.2 Å². The molecule has 3 atom stereocenters. The highest BCUT2D eigenvalue weighted by Gasteiger charge is 2.23. The van der Waals surface area contributed by atoms with Crippen LogP contribution in [0.15, 0.2) is 24.3 Å². The number of allylic oxidation sites excluding steroid dienone is 3. The molecule has 0 spiro atoms. The van der Waals surface area contributed by atoms with Crippen LogP contribution >= 0.6 is 7.82 Å². The van der Waals surface area contributed by atoms with Crippen LogP contribution in [0.1, 0.15) is 290 Å². The van der Waals surface area contributed by atoms with Gasteiger partial charge in [-0.3, -0.25) is 9.36 Å². The van der Waals surface area contributed by atoms with E-state index < -0.39 is 20.0 Å². The third kappa shape index (κ3) is 52.6. The number of hydrogen-bond acceptors (Lipinski definition) is 6. The molecule has 1 amide bonds. The van der Waals surface area contributed by atoms with Crippen molar-refractivity contribution in [2.75, 3.05) is 40.9 Å². The summed E-state index contributed by atoms with van der Waals surface area (Å²) >= 11 is 0. The van der Waals surface area contributed by atoms with Crippen LogP contribution < -0.4 is 10.2 Å². The lowest BCUT2D eigenvalue weighted by atomic mass is 10.0. The Morgan fingerprint density at radius 3 is 1.16 bits per heavy atom. The zero-order chi connectivity index (χ0) is 49.2. The van der Waals surface area contributed by atoms with Gasteiger partial charge in [0, 0.05) is 6.42 Å². The number of hydrogen-bond donors (Lipinski definition) is 2. The second-order valence-corrected chi connectivity index (χ2v) is 22.8. The molecule has 2 N–H and O–H groups in total. The Balaban J connectivity index is 4.03. The Bertz CT molecular complexity index is 1140. The van der Waals surface area contributed by atoms with Crippen LogP contribution in [-0.2, 0) is 18.4 Å². The largest absolute Gasteiger partial charge is 0.756 e. The number of aliphatic hydroxyl groups is 1. The summed E-state index contributed by atoms with van der Waals surface area (Å²) in [5.41, 5.74) is 0. The van der Waals surface area contributed by atoms with Gasteiger partial charge in [0.2, 0.25) is 5.91 Å². The topological polar surface area (TPSA) is 108 Å². The van der Waals surface area contributed by atoms with E-state index in [1.807, 2.05) is 27.2 Å². The second-order valence-electron chi connectivity index (χ2n) is 21.4. The fourth-order valence-electron chi connectivity index (χ4n) is 8.80. The molecule has 0 aromatic heterocycles. The van der Waals surface area contributed by atoms with Gasteiger partial charge >= 0.3 is 0 Å². The first-order chi connectivity index (χ1) is 32.5. The average Bonchev–Trinajstić information content (AvgIpc) is 3.29. The van der Waals surface area contributed by atoms with Crippen LogP contribution in [0.2, 0.25) is 0 Å². The van der Waals surface area contributed by atoms with Crippen molar-refractivity contribution in [3.8, 4) is 0 Å². The van der Waals surface area contributed by atoms with Crippen molar-refractivity contribution in [3.63, 3.8) is 0 Å². The molecule has 0 heterocycles. The smallest absolute Gasteiger partial charge is 0.268 e. The lowest BCUT2D eigenvalue weighted by Gasteiger charge is -2.29. The van der Waals surface area contributed by atoms with Gasteiger partial charge in [-0.2, -0.15) is 0 Å². The van der Waals surface area contributed by atoms with Gasteiger partial charge in [0.25, 0.3) is 7.82 Å². The van der Waals surface area contributed by atoms with Crippen molar-refractivity contribution in [1.29, 1.82) is 0 Å². The number of amides is 1. The molecule has 0 bridgehead atoms. The van der Waals surface area contributed by atoms with E-state index in [1.165, 1.54) is 231 Å². The van der Waals surface area contributed by atoms with Crippen molar-refractivity contribution in [2.45, 2.75) is 302 Å². The van der Waals surface area contributed by atoms with Gasteiger partial charge in [-0.15, -0.1) is 0 Å². The van der Waals surface area contributed by atoms with Crippen molar-refractivity contribution >= 4 is 13.7 Å². The van der Waals surface area contributed by atoms with Gasteiger partial charge in [0.05, 0.1) is 39.9 Å². The molecule has 0 saturated heterocycles. The third-order valence-electron chi connectivity index (χ3n) is 13.4. The minimum Gasteiger partial charge on any atom is -0.756 e. The molecule has 67 heavy (non-hydrogen) atoms. The predicted molar refractivity (Wildman–Crippen MR) is 289 cm³/mol. The average molecular weight is 968 g/mol. The number of likely N-dealkylation sites (N-methyl/N-ethyl adjacent to an activating group) is 1. The Morgan fingerprint density at radius 2 is 0.821 bits per heavy atom. The quantitative estimate of drug-likeness (QED) is 0.0272. The first kappa shape index (κ1) is 66.0. The van der Waals surface area contributed by atoms with Crippen molar-refractivity contribution in [3.05, 3.63) is 24.3 Å². The Hall–Kier alpha value is -1.02. The lowest BCUT2D eigenvalue weighted by Crippen LogP contribution is -2.45. The molecule has 0 aromatic carbocycles. The summed E-state index contributed by atoms with van der Waals surface area (Å²) in [5, 5.41) is 13.9. The van der Waals surface area contributed by atoms with Gasteiger partial charge in [0.15, 0.2) is 0 Å². The highest BCUT2D eigenvalue weighted by atomic mass is 31.2. The van der Waals surface area contributed by atoms with E-state index in [0.29, 0.717) is 17.4 Å². The fourth-order valence-corrected chi connectivity index (χ4v) is 9.52. The molecular weight excluding hydrogens is 852 g/mol. The maximum absolute atomic E-state index is 12.9. The molecular formula is C58H115N2O6P. The van der Waals surface area contributed by atoms with E-state index in [2.05, 4.69) is 31.3 Å². The number of phosphoric ester groups is 1. The molecule has 0 rings (SSSR count). The molecule has 0 saturated carbocycles. The molecule has 0 fully saturated rings. The van der Waals surface area contributed by atoms with Crippen LogP contribution in [0, 0.1) is 0 Å². The van der Waals surface area contributed by atoms with Gasteiger partial charge in [-0.25, -0.2) is 0 Å². The highest BCUT2D eigenvalue weighted by Crippen LogP contribution is 2.38. The van der Waals surface area contributed by atoms with Crippen LogP contribution in [0.25, 0.3) is 0 Å². The van der Waals surface area contributed by atoms with Crippen molar-refractivity contribution in [1.82, 2.24) is 5.32 Å². The van der Waals surface area contributed by atoms with E-state index in [0.717, 1.165) is 38.5 Å². The van der Waals surface area contributed by atoms with E-state index >= 15 is 0 Å². The number of quaternary nitrogens is 1. The Kier molecular flexibility index (Phi) is 49.2. The van der Waals surface area contributed by atoms with Crippen molar-refractivity contribution < 1.29 is 32.9 Å². The molecule has 9 heteroatoms. The minimum atomic E-state index is -4.59. The first-order valence-corrected chi connectivity index (χ1v) is 30.7. The number of rotatable bonds is 54. The monoisotopic (exact) mass is 967 g/mol.